The number of hydrogen-bond acceptors (Lipinski definition) is 5. The first-order chi connectivity index (χ1) is 16.5. The largest absolute Gasteiger partial charge is 0.376 e. The normalized spacial score (nSPS) is 27.1. The van der Waals surface area contributed by atoms with Gasteiger partial charge in [0.25, 0.3) is 5.91 Å². The van der Waals surface area contributed by atoms with E-state index in [-0.39, 0.29) is 35.8 Å². The average molecular weight is 473 g/mol. The highest BCUT2D eigenvalue weighted by molar-refractivity contribution is 5.98. The van der Waals surface area contributed by atoms with Gasteiger partial charge in [0, 0.05) is 57.4 Å². The van der Waals surface area contributed by atoms with Crippen molar-refractivity contribution < 1.29 is 23.5 Å². The van der Waals surface area contributed by atoms with E-state index in [1.54, 1.807) is 4.90 Å². The summed E-state index contributed by atoms with van der Waals surface area (Å²) >= 11 is 0. The van der Waals surface area contributed by atoms with Gasteiger partial charge in [0.05, 0.1) is 12.1 Å². The van der Waals surface area contributed by atoms with Crippen molar-refractivity contribution >= 4 is 17.7 Å². The van der Waals surface area contributed by atoms with E-state index < -0.39 is 11.9 Å². The highest BCUT2D eigenvalue weighted by atomic mass is 19.1. The molecule has 0 bridgehead atoms. The van der Waals surface area contributed by atoms with E-state index in [1.165, 1.54) is 24.3 Å². The number of carbonyl (C=O) groups excluding carboxylic acids is 3. The minimum absolute atomic E-state index is 0.00636. The summed E-state index contributed by atoms with van der Waals surface area (Å²) in [4.78, 5) is 45.6. The van der Waals surface area contributed by atoms with Gasteiger partial charge in [-0.2, -0.15) is 0 Å². The predicted octanol–water partition coefficient (Wildman–Crippen LogP) is 1.26. The number of amides is 3. The summed E-state index contributed by atoms with van der Waals surface area (Å²) in [6, 6.07) is 4.55. The van der Waals surface area contributed by atoms with Crippen LogP contribution in [0.1, 0.15) is 42.5 Å². The van der Waals surface area contributed by atoms with Gasteiger partial charge < -0.3 is 24.8 Å². The van der Waals surface area contributed by atoms with Crippen LogP contribution in [0.25, 0.3) is 0 Å². The molecular weight excluding hydrogens is 439 g/mol. The van der Waals surface area contributed by atoms with Crippen molar-refractivity contribution in [1.29, 1.82) is 0 Å². The standard InChI is InChI=1S/C25H33FN4O4/c26-19-7-5-18(6-8-19)24(32)30-15-20(14-22(30)25(33)28-11-9-27-10-12-28)29(23(31)17-3-4-17)16-21-2-1-13-34-21/h5-8,17,20-22,27H,1-4,9-16H2. The molecule has 0 radical (unpaired) electrons. The maximum absolute atomic E-state index is 13.5. The predicted molar refractivity (Wildman–Crippen MR) is 122 cm³/mol. The van der Waals surface area contributed by atoms with Gasteiger partial charge in [0.15, 0.2) is 0 Å². The maximum Gasteiger partial charge on any atom is 0.254 e. The molecule has 4 aliphatic rings. The second-order valence-electron chi connectivity index (χ2n) is 9.84. The Morgan fingerprint density at radius 3 is 2.47 bits per heavy atom. The van der Waals surface area contributed by atoms with Gasteiger partial charge in [-0.3, -0.25) is 14.4 Å². The summed E-state index contributed by atoms with van der Waals surface area (Å²) in [6.07, 6.45) is 4.12. The van der Waals surface area contributed by atoms with Crippen molar-refractivity contribution in [3.8, 4) is 0 Å². The molecule has 1 aromatic carbocycles. The number of rotatable bonds is 6. The average Bonchev–Trinajstić information content (AvgIpc) is 3.41. The maximum atomic E-state index is 13.5. The first-order valence-corrected chi connectivity index (χ1v) is 12.5. The SMILES string of the molecule is O=C(C1CC(N(CC2CCCO2)C(=O)C2CC2)CN1C(=O)c1ccc(F)cc1)N1CCNCC1. The lowest BCUT2D eigenvalue weighted by Gasteiger charge is -2.32. The van der Waals surface area contributed by atoms with E-state index in [2.05, 4.69) is 5.32 Å². The van der Waals surface area contributed by atoms with Crippen molar-refractivity contribution in [2.24, 2.45) is 5.92 Å². The Bertz CT molecular complexity index is 910. The molecule has 3 saturated heterocycles. The molecule has 0 aromatic heterocycles. The van der Waals surface area contributed by atoms with Gasteiger partial charge in [-0.1, -0.05) is 0 Å². The van der Waals surface area contributed by atoms with Crippen molar-refractivity contribution in [2.75, 3.05) is 45.9 Å². The third-order valence-corrected chi connectivity index (χ3v) is 7.42. The molecule has 8 nitrogen and oxygen atoms in total. The summed E-state index contributed by atoms with van der Waals surface area (Å²) in [5.41, 5.74) is 0.347. The molecule has 3 atom stereocenters. The van der Waals surface area contributed by atoms with E-state index >= 15 is 0 Å². The Kier molecular flexibility index (Phi) is 6.83. The third-order valence-electron chi connectivity index (χ3n) is 7.42. The minimum Gasteiger partial charge on any atom is -0.376 e. The third kappa shape index (κ3) is 4.95. The minimum atomic E-state index is -0.639. The monoisotopic (exact) mass is 472 g/mol. The fraction of sp³-hybridized carbons (Fsp3) is 0.640. The summed E-state index contributed by atoms with van der Waals surface area (Å²) in [6.45, 7) is 4.15. The van der Waals surface area contributed by atoms with E-state index in [9.17, 15) is 18.8 Å². The van der Waals surface area contributed by atoms with Gasteiger partial charge in [-0.25, -0.2) is 4.39 Å². The van der Waals surface area contributed by atoms with Crippen LogP contribution >= 0.6 is 0 Å². The number of likely N-dealkylation sites (tertiary alicyclic amines) is 1. The molecule has 1 saturated carbocycles. The molecule has 3 amide bonds. The van der Waals surface area contributed by atoms with Crippen molar-refractivity contribution in [1.82, 2.24) is 20.0 Å². The van der Waals surface area contributed by atoms with Crippen molar-refractivity contribution in [2.45, 2.75) is 50.3 Å². The zero-order valence-electron chi connectivity index (χ0n) is 19.5. The number of nitrogens with one attached hydrogen (secondary N) is 1. The number of ether oxygens (including phenoxy) is 1. The van der Waals surface area contributed by atoms with E-state index in [4.69, 9.17) is 4.74 Å². The van der Waals surface area contributed by atoms with Crippen LogP contribution < -0.4 is 5.32 Å². The summed E-state index contributed by atoms with van der Waals surface area (Å²) < 4.78 is 19.3. The van der Waals surface area contributed by atoms with Crippen LogP contribution in [0.5, 0.6) is 0 Å². The summed E-state index contributed by atoms with van der Waals surface area (Å²) in [5, 5.41) is 3.25. The first-order valence-electron chi connectivity index (χ1n) is 12.5. The number of hydrogen-bond donors (Lipinski definition) is 1. The number of nitrogens with zero attached hydrogens (tertiary/aromatic N) is 3. The Balaban J connectivity index is 1.40. The van der Waals surface area contributed by atoms with Gasteiger partial charge in [0.1, 0.15) is 11.9 Å². The van der Waals surface area contributed by atoms with Gasteiger partial charge in [-0.05, 0) is 56.4 Å². The molecule has 1 N–H and O–H groups in total. The molecule has 34 heavy (non-hydrogen) atoms. The molecule has 3 heterocycles. The summed E-state index contributed by atoms with van der Waals surface area (Å²) in [7, 11) is 0. The second kappa shape index (κ2) is 10.00. The Hall–Kier alpha value is -2.52. The van der Waals surface area contributed by atoms with Crippen LogP contribution in [-0.4, -0.2) is 96.5 Å². The molecule has 184 valence electrons. The Labute approximate surface area is 199 Å². The van der Waals surface area contributed by atoms with Crippen LogP contribution in [-0.2, 0) is 14.3 Å². The lowest BCUT2D eigenvalue weighted by Crippen LogP contribution is -2.53. The van der Waals surface area contributed by atoms with E-state index in [1.807, 2.05) is 9.80 Å². The number of benzene rings is 1. The molecule has 0 spiro atoms. The van der Waals surface area contributed by atoms with Gasteiger partial charge in [-0.15, -0.1) is 0 Å². The zero-order valence-corrected chi connectivity index (χ0v) is 19.5. The Morgan fingerprint density at radius 1 is 1.09 bits per heavy atom. The molecule has 4 fully saturated rings. The molecule has 3 aliphatic heterocycles. The molecule has 3 unspecified atom stereocenters. The van der Waals surface area contributed by atoms with E-state index in [0.29, 0.717) is 44.8 Å². The first kappa shape index (κ1) is 23.2. The van der Waals surface area contributed by atoms with Crippen LogP contribution in [0.4, 0.5) is 4.39 Å². The lowest BCUT2D eigenvalue weighted by atomic mass is 10.1. The second-order valence-corrected chi connectivity index (χ2v) is 9.84. The zero-order chi connectivity index (χ0) is 23.7. The molecule has 1 aliphatic carbocycles. The molecular formula is C25H33FN4O4. The van der Waals surface area contributed by atoms with Crippen LogP contribution in [0.3, 0.4) is 0 Å². The Morgan fingerprint density at radius 2 is 1.82 bits per heavy atom. The van der Waals surface area contributed by atoms with Gasteiger partial charge in [0.2, 0.25) is 11.8 Å². The van der Waals surface area contributed by atoms with Crippen LogP contribution in [0.2, 0.25) is 0 Å². The van der Waals surface area contributed by atoms with Crippen LogP contribution in [0.15, 0.2) is 24.3 Å². The highest BCUT2D eigenvalue weighted by Crippen LogP contribution is 2.35. The quantitative estimate of drug-likeness (QED) is 0.674. The topological polar surface area (TPSA) is 82.2 Å². The van der Waals surface area contributed by atoms with Crippen molar-refractivity contribution in [3.63, 3.8) is 0 Å². The lowest BCUT2D eigenvalue weighted by molar-refractivity contribution is -0.138. The van der Waals surface area contributed by atoms with Crippen molar-refractivity contribution in [3.05, 3.63) is 35.6 Å². The molecule has 1 aromatic rings. The number of piperazine rings is 1. The number of carbonyl (C=O) groups is 3. The number of halogens is 1. The van der Waals surface area contributed by atoms with Gasteiger partial charge >= 0.3 is 0 Å². The fourth-order valence-electron chi connectivity index (χ4n) is 5.34. The molecule has 5 rings (SSSR count). The van der Waals surface area contributed by atoms with E-state index in [0.717, 1.165) is 38.8 Å². The summed E-state index contributed by atoms with van der Waals surface area (Å²) in [5.74, 6) is -0.625. The van der Waals surface area contributed by atoms with Crippen LogP contribution in [0, 0.1) is 11.7 Å². The smallest absolute Gasteiger partial charge is 0.254 e. The fourth-order valence-corrected chi connectivity index (χ4v) is 5.34. The molecule has 9 heteroatoms. The highest BCUT2D eigenvalue weighted by Gasteiger charge is 2.47.